The molecular formula is C19H24N4O2. The maximum Gasteiger partial charge on any atom is 0.276 e. The average Bonchev–Trinajstić information content (AvgIpc) is 2.93. The predicted octanol–water partition coefficient (Wildman–Crippen LogP) is 3.51. The zero-order valence-corrected chi connectivity index (χ0v) is 14.6. The first-order chi connectivity index (χ1) is 12.3. The van der Waals surface area contributed by atoms with Gasteiger partial charge in [-0.2, -0.15) is 0 Å². The van der Waals surface area contributed by atoms with Gasteiger partial charge in [0.15, 0.2) is 11.5 Å². The normalized spacial score (nSPS) is 14.7. The topological polar surface area (TPSA) is 67.3 Å². The Labute approximate surface area is 148 Å². The van der Waals surface area contributed by atoms with Gasteiger partial charge < -0.3 is 15.0 Å². The predicted molar refractivity (Wildman–Crippen MR) is 98.3 cm³/mol. The molecule has 1 saturated heterocycles. The highest BCUT2D eigenvalue weighted by atomic mass is 16.5. The van der Waals surface area contributed by atoms with E-state index in [0.29, 0.717) is 23.7 Å². The SMILES string of the molecule is CCOc1ccccc1NC(=O)c1ccc(N2CCCCCC2)nn1. The van der Waals surface area contributed by atoms with Gasteiger partial charge in [-0.15, -0.1) is 10.2 Å². The second kappa shape index (κ2) is 8.46. The van der Waals surface area contributed by atoms with E-state index in [1.807, 2.05) is 37.3 Å². The molecule has 0 atom stereocenters. The Hall–Kier alpha value is -2.63. The Kier molecular flexibility index (Phi) is 5.82. The van der Waals surface area contributed by atoms with Crippen molar-refractivity contribution in [1.82, 2.24) is 10.2 Å². The summed E-state index contributed by atoms with van der Waals surface area (Å²) in [6.45, 7) is 4.45. The Morgan fingerprint density at radius 2 is 1.84 bits per heavy atom. The van der Waals surface area contributed by atoms with Crippen LogP contribution in [0.1, 0.15) is 43.1 Å². The van der Waals surface area contributed by atoms with Gasteiger partial charge in [0, 0.05) is 13.1 Å². The van der Waals surface area contributed by atoms with E-state index in [9.17, 15) is 4.79 Å². The monoisotopic (exact) mass is 340 g/mol. The zero-order chi connectivity index (χ0) is 17.5. The van der Waals surface area contributed by atoms with Crippen LogP contribution in [0.3, 0.4) is 0 Å². The van der Waals surface area contributed by atoms with E-state index in [4.69, 9.17) is 4.74 Å². The van der Waals surface area contributed by atoms with E-state index in [-0.39, 0.29) is 5.91 Å². The molecule has 1 aromatic carbocycles. The highest BCUT2D eigenvalue weighted by molar-refractivity contribution is 6.03. The second-order valence-electron chi connectivity index (χ2n) is 6.06. The molecule has 0 radical (unpaired) electrons. The van der Waals surface area contributed by atoms with Crippen molar-refractivity contribution < 1.29 is 9.53 Å². The third-order valence-corrected chi connectivity index (χ3v) is 4.25. The summed E-state index contributed by atoms with van der Waals surface area (Å²) < 4.78 is 5.53. The van der Waals surface area contributed by atoms with E-state index in [2.05, 4.69) is 20.4 Å². The molecular weight excluding hydrogens is 316 g/mol. The first kappa shape index (κ1) is 17.2. The summed E-state index contributed by atoms with van der Waals surface area (Å²) in [6.07, 6.45) is 4.89. The molecule has 1 aliphatic rings. The lowest BCUT2D eigenvalue weighted by Crippen LogP contribution is -2.25. The molecule has 0 saturated carbocycles. The highest BCUT2D eigenvalue weighted by Gasteiger charge is 2.15. The quantitative estimate of drug-likeness (QED) is 0.902. The lowest BCUT2D eigenvalue weighted by molar-refractivity contribution is 0.102. The van der Waals surface area contributed by atoms with Crippen LogP contribution in [-0.4, -0.2) is 35.8 Å². The number of ether oxygens (including phenoxy) is 1. The Morgan fingerprint density at radius 3 is 2.52 bits per heavy atom. The van der Waals surface area contributed by atoms with Gasteiger partial charge in [-0.3, -0.25) is 4.79 Å². The number of carbonyl (C=O) groups excluding carboxylic acids is 1. The summed E-state index contributed by atoms with van der Waals surface area (Å²) in [6, 6.07) is 11.0. The van der Waals surface area contributed by atoms with Gasteiger partial charge in [0.05, 0.1) is 12.3 Å². The molecule has 0 bridgehead atoms. The smallest absolute Gasteiger partial charge is 0.276 e. The van der Waals surface area contributed by atoms with Crippen molar-refractivity contribution in [2.75, 3.05) is 29.9 Å². The van der Waals surface area contributed by atoms with Crippen LogP contribution in [-0.2, 0) is 0 Å². The lowest BCUT2D eigenvalue weighted by Gasteiger charge is -2.20. The Balaban J connectivity index is 1.68. The van der Waals surface area contributed by atoms with Gasteiger partial charge in [-0.1, -0.05) is 25.0 Å². The average molecular weight is 340 g/mol. The Morgan fingerprint density at radius 1 is 1.08 bits per heavy atom. The van der Waals surface area contributed by atoms with Crippen LogP contribution in [0.5, 0.6) is 5.75 Å². The number of nitrogens with one attached hydrogen (secondary N) is 1. The van der Waals surface area contributed by atoms with Crippen molar-refractivity contribution in [3.05, 3.63) is 42.1 Å². The first-order valence-electron chi connectivity index (χ1n) is 8.90. The number of hydrogen-bond donors (Lipinski definition) is 1. The molecule has 0 aliphatic carbocycles. The van der Waals surface area contributed by atoms with Crippen LogP contribution < -0.4 is 15.0 Å². The molecule has 6 heteroatoms. The van der Waals surface area contributed by atoms with Crippen LogP contribution in [0.15, 0.2) is 36.4 Å². The van der Waals surface area contributed by atoms with Gasteiger partial charge in [0.1, 0.15) is 5.75 Å². The molecule has 1 aromatic heterocycles. The number of hydrogen-bond acceptors (Lipinski definition) is 5. The molecule has 2 aromatic rings. The van der Waals surface area contributed by atoms with Crippen LogP contribution in [0, 0.1) is 0 Å². The molecule has 132 valence electrons. The molecule has 1 fully saturated rings. The Bertz CT molecular complexity index is 695. The van der Waals surface area contributed by atoms with Crippen molar-refractivity contribution in [2.24, 2.45) is 0 Å². The minimum atomic E-state index is -0.290. The largest absolute Gasteiger partial charge is 0.492 e. The van der Waals surface area contributed by atoms with Crippen LogP contribution >= 0.6 is 0 Å². The van der Waals surface area contributed by atoms with Crippen LogP contribution in [0.4, 0.5) is 11.5 Å². The van der Waals surface area contributed by atoms with Gasteiger partial charge in [-0.05, 0) is 44.0 Å². The highest BCUT2D eigenvalue weighted by Crippen LogP contribution is 2.24. The number of nitrogens with zero attached hydrogens (tertiary/aromatic N) is 3. The van der Waals surface area contributed by atoms with Crippen molar-refractivity contribution in [3.8, 4) is 5.75 Å². The van der Waals surface area contributed by atoms with E-state index >= 15 is 0 Å². The van der Waals surface area contributed by atoms with E-state index in [1.54, 1.807) is 6.07 Å². The fraction of sp³-hybridized carbons (Fsp3) is 0.421. The first-order valence-corrected chi connectivity index (χ1v) is 8.90. The van der Waals surface area contributed by atoms with Crippen molar-refractivity contribution >= 4 is 17.4 Å². The molecule has 25 heavy (non-hydrogen) atoms. The number of benzene rings is 1. The van der Waals surface area contributed by atoms with E-state index in [1.165, 1.54) is 25.7 Å². The summed E-state index contributed by atoms with van der Waals surface area (Å²) in [5, 5.41) is 11.2. The molecule has 1 N–H and O–H groups in total. The maximum absolute atomic E-state index is 12.4. The second-order valence-corrected chi connectivity index (χ2v) is 6.06. The molecule has 1 aliphatic heterocycles. The number of para-hydroxylation sites is 2. The van der Waals surface area contributed by atoms with Crippen molar-refractivity contribution in [3.63, 3.8) is 0 Å². The summed E-state index contributed by atoms with van der Waals surface area (Å²) in [4.78, 5) is 14.7. The van der Waals surface area contributed by atoms with Gasteiger partial charge >= 0.3 is 0 Å². The number of anilines is 2. The molecule has 6 nitrogen and oxygen atoms in total. The van der Waals surface area contributed by atoms with Gasteiger partial charge in [0.25, 0.3) is 5.91 Å². The third kappa shape index (κ3) is 4.47. The van der Waals surface area contributed by atoms with Crippen molar-refractivity contribution in [1.29, 1.82) is 0 Å². The number of carbonyl (C=O) groups is 1. The maximum atomic E-state index is 12.4. The number of rotatable bonds is 5. The van der Waals surface area contributed by atoms with E-state index < -0.39 is 0 Å². The third-order valence-electron chi connectivity index (χ3n) is 4.25. The summed E-state index contributed by atoms with van der Waals surface area (Å²) in [5.74, 6) is 1.20. The summed E-state index contributed by atoms with van der Waals surface area (Å²) in [5.41, 5.74) is 0.928. The van der Waals surface area contributed by atoms with Gasteiger partial charge in [0.2, 0.25) is 0 Å². The number of amides is 1. The molecule has 3 rings (SSSR count). The summed E-state index contributed by atoms with van der Waals surface area (Å²) >= 11 is 0. The molecule has 1 amide bonds. The van der Waals surface area contributed by atoms with Crippen LogP contribution in [0.25, 0.3) is 0 Å². The van der Waals surface area contributed by atoms with Crippen molar-refractivity contribution in [2.45, 2.75) is 32.6 Å². The van der Waals surface area contributed by atoms with Crippen LogP contribution in [0.2, 0.25) is 0 Å². The lowest BCUT2D eigenvalue weighted by atomic mass is 10.2. The number of aromatic nitrogens is 2. The fourth-order valence-electron chi connectivity index (χ4n) is 2.95. The van der Waals surface area contributed by atoms with E-state index in [0.717, 1.165) is 18.9 Å². The molecule has 2 heterocycles. The minimum absolute atomic E-state index is 0.290. The standard InChI is InChI=1S/C19H24N4O2/c1-2-25-17-10-6-5-9-15(17)20-19(24)16-11-12-18(22-21-16)23-13-7-3-4-8-14-23/h5-6,9-12H,2-4,7-8,13-14H2,1H3,(H,20,24). The fourth-order valence-corrected chi connectivity index (χ4v) is 2.95. The minimum Gasteiger partial charge on any atom is -0.492 e. The molecule has 0 unspecified atom stereocenters. The summed E-state index contributed by atoms with van der Waals surface area (Å²) in [7, 11) is 0. The van der Waals surface area contributed by atoms with Gasteiger partial charge in [-0.25, -0.2) is 0 Å². The molecule has 0 spiro atoms. The zero-order valence-electron chi connectivity index (χ0n) is 14.6.